The van der Waals surface area contributed by atoms with Gasteiger partial charge >= 0.3 is 12.3 Å². The normalized spacial score (nSPS) is 22.8. The molecule has 150 valence electrons. The van der Waals surface area contributed by atoms with Gasteiger partial charge in [-0.05, 0) is 44.4 Å². The number of benzene rings is 1. The third-order valence-electron chi connectivity index (χ3n) is 4.21. The fourth-order valence-electron chi connectivity index (χ4n) is 2.60. The number of halogens is 4. The predicted octanol–water partition coefficient (Wildman–Crippen LogP) is 3.87. The molecule has 0 saturated heterocycles. The Labute approximate surface area is 153 Å². The molecule has 1 aliphatic carbocycles. The molecule has 1 fully saturated rings. The highest BCUT2D eigenvalue weighted by Gasteiger charge is 2.46. The Morgan fingerprint density at radius 2 is 2.07 bits per heavy atom. The van der Waals surface area contributed by atoms with Gasteiger partial charge in [-0.1, -0.05) is 0 Å². The minimum Gasteiger partial charge on any atom is -0.465 e. The first kappa shape index (κ1) is 20.9. The standard InChI is InChI=1S/C13H16FN3O3.C4H5F3/c1-13(4-5-20-7-11(15)17-13)9-6-8(16-12(18)19)2-3-10(9)14;5-4(6,7)3-1-2-3/h2-3,6,16H,4-5,7H2,1H3,(H2,15,17)(H,18,19);3H,1-2H2/t13-;/m0./s1. The van der Waals surface area contributed by atoms with E-state index in [0.29, 0.717) is 31.7 Å². The molecule has 1 aromatic carbocycles. The summed E-state index contributed by atoms with van der Waals surface area (Å²) >= 11 is 0. The predicted molar refractivity (Wildman–Crippen MR) is 91.2 cm³/mol. The molecule has 6 nitrogen and oxygen atoms in total. The van der Waals surface area contributed by atoms with E-state index < -0.39 is 29.5 Å². The van der Waals surface area contributed by atoms with E-state index in [2.05, 4.69) is 10.3 Å². The Morgan fingerprint density at radius 3 is 2.59 bits per heavy atom. The van der Waals surface area contributed by atoms with Crippen molar-refractivity contribution in [1.82, 2.24) is 0 Å². The SMILES string of the molecule is C[C@@]1(c2cc(NC(=O)O)ccc2F)CCOCC(N)=N1.FC(F)(F)C1CC1. The molecule has 1 heterocycles. The number of nitrogens with one attached hydrogen (secondary N) is 1. The van der Waals surface area contributed by atoms with Crippen molar-refractivity contribution in [3.8, 4) is 0 Å². The zero-order chi connectivity index (χ0) is 20.2. The maximum Gasteiger partial charge on any atom is 0.409 e. The summed E-state index contributed by atoms with van der Waals surface area (Å²) in [4.78, 5) is 15.0. The second-order valence-corrected chi connectivity index (χ2v) is 6.62. The van der Waals surface area contributed by atoms with E-state index in [-0.39, 0.29) is 17.9 Å². The monoisotopic (exact) mass is 391 g/mol. The molecule has 1 saturated carbocycles. The van der Waals surface area contributed by atoms with Gasteiger partial charge in [0.15, 0.2) is 0 Å². The first-order valence-electron chi connectivity index (χ1n) is 8.30. The molecule has 27 heavy (non-hydrogen) atoms. The largest absolute Gasteiger partial charge is 0.465 e. The van der Waals surface area contributed by atoms with E-state index in [1.807, 2.05) is 0 Å². The first-order valence-corrected chi connectivity index (χ1v) is 8.30. The number of anilines is 1. The van der Waals surface area contributed by atoms with Crippen LogP contribution in [0.2, 0.25) is 0 Å². The van der Waals surface area contributed by atoms with Gasteiger partial charge in [-0.2, -0.15) is 13.2 Å². The number of nitrogens with two attached hydrogens (primary N) is 1. The molecule has 0 unspecified atom stereocenters. The summed E-state index contributed by atoms with van der Waals surface area (Å²) in [5.74, 6) is -1.12. The summed E-state index contributed by atoms with van der Waals surface area (Å²) in [5.41, 5.74) is 5.41. The Hall–Kier alpha value is -2.36. The van der Waals surface area contributed by atoms with Crippen LogP contribution in [0.3, 0.4) is 0 Å². The molecule has 2 aliphatic rings. The van der Waals surface area contributed by atoms with E-state index in [0.717, 1.165) is 0 Å². The van der Waals surface area contributed by atoms with E-state index in [1.54, 1.807) is 6.92 Å². The maximum atomic E-state index is 14.1. The van der Waals surface area contributed by atoms with Crippen molar-refractivity contribution in [2.24, 2.45) is 16.6 Å². The average molecular weight is 391 g/mol. The lowest BCUT2D eigenvalue weighted by Crippen LogP contribution is -2.25. The minimum atomic E-state index is -3.89. The molecule has 1 aliphatic heterocycles. The topological polar surface area (TPSA) is 96.9 Å². The zero-order valence-corrected chi connectivity index (χ0v) is 14.6. The van der Waals surface area contributed by atoms with Crippen molar-refractivity contribution >= 4 is 17.6 Å². The van der Waals surface area contributed by atoms with Crippen molar-refractivity contribution in [1.29, 1.82) is 0 Å². The summed E-state index contributed by atoms with van der Waals surface area (Å²) in [6.07, 6.45) is -3.94. The highest BCUT2D eigenvalue weighted by molar-refractivity contribution is 5.83. The van der Waals surface area contributed by atoms with Gasteiger partial charge in [-0.3, -0.25) is 10.3 Å². The number of alkyl halides is 3. The van der Waals surface area contributed by atoms with Gasteiger partial charge in [-0.25, -0.2) is 9.18 Å². The first-order chi connectivity index (χ1) is 12.5. The second-order valence-electron chi connectivity index (χ2n) is 6.62. The Kier molecular flexibility index (Phi) is 6.30. The number of nitrogens with zero attached hydrogens (tertiary/aromatic N) is 1. The van der Waals surface area contributed by atoms with E-state index >= 15 is 0 Å². The molecule has 0 spiro atoms. The molecule has 0 aromatic heterocycles. The van der Waals surface area contributed by atoms with Crippen LogP contribution in [0.25, 0.3) is 0 Å². The van der Waals surface area contributed by atoms with Gasteiger partial charge in [0.1, 0.15) is 18.3 Å². The van der Waals surface area contributed by atoms with Crippen LogP contribution in [0, 0.1) is 11.7 Å². The van der Waals surface area contributed by atoms with Crippen LogP contribution >= 0.6 is 0 Å². The van der Waals surface area contributed by atoms with Gasteiger partial charge in [0.05, 0.1) is 11.5 Å². The summed E-state index contributed by atoms with van der Waals surface area (Å²) in [5, 5.41) is 10.9. The smallest absolute Gasteiger partial charge is 0.409 e. The van der Waals surface area contributed by atoms with Gasteiger partial charge in [0, 0.05) is 17.9 Å². The molecule has 4 N–H and O–H groups in total. The van der Waals surface area contributed by atoms with Gasteiger partial charge in [0.2, 0.25) is 0 Å². The van der Waals surface area contributed by atoms with E-state index in [9.17, 15) is 22.4 Å². The van der Waals surface area contributed by atoms with Crippen molar-refractivity contribution in [2.45, 2.75) is 37.9 Å². The quantitative estimate of drug-likeness (QED) is 0.667. The summed E-state index contributed by atoms with van der Waals surface area (Å²) in [7, 11) is 0. The highest BCUT2D eigenvalue weighted by Crippen LogP contribution is 2.43. The lowest BCUT2D eigenvalue weighted by Gasteiger charge is -2.25. The highest BCUT2D eigenvalue weighted by atomic mass is 19.4. The van der Waals surface area contributed by atoms with Crippen LogP contribution in [0.5, 0.6) is 0 Å². The third-order valence-corrected chi connectivity index (χ3v) is 4.21. The van der Waals surface area contributed by atoms with Crippen molar-refractivity contribution < 1.29 is 32.2 Å². The Balaban J connectivity index is 0.000000313. The number of carboxylic acid groups (broad SMARTS) is 1. The maximum absolute atomic E-state index is 14.1. The summed E-state index contributed by atoms with van der Waals surface area (Å²) in [6, 6.07) is 4.01. The van der Waals surface area contributed by atoms with Crippen LogP contribution in [-0.4, -0.2) is 36.4 Å². The summed E-state index contributed by atoms with van der Waals surface area (Å²) in [6.45, 7) is 2.36. The van der Waals surface area contributed by atoms with E-state index in [1.165, 1.54) is 18.2 Å². The minimum absolute atomic E-state index is 0.213. The van der Waals surface area contributed by atoms with Crippen molar-refractivity contribution in [3.05, 3.63) is 29.6 Å². The number of rotatable bonds is 2. The zero-order valence-electron chi connectivity index (χ0n) is 14.6. The average Bonchev–Trinajstić information content (AvgIpc) is 3.38. The molecular weight excluding hydrogens is 370 g/mol. The van der Waals surface area contributed by atoms with Crippen LogP contribution in [-0.2, 0) is 10.3 Å². The molecule has 1 aromatic rings. The third kappa shape index (κ3) is 6.09. The van der Waals surface area contributed by atoms with Crippen molar-refractivity contribution in [2.75, 3.05) is 18.5 Å². The van der Waals surface area contributed by atoms with Crippen molar-refractivity contribution in [3.63, 3.8) is 0 Å². The van der Waals surface area contributed by atoms with Crippen LogP contribution < -0.4 is 11.1 Å². The molecule has 10 heteroatoms. The van der Waals surface area contributed by atoms with Crippen LogP contribution in [0.15, 0.2) is 23.2 Å². The number of amidine groups is 1. The summed E-state index contributed by atoms with van der Waals surface area (Å²) < 4.78 is 53.1. The number of carbonyl (C=O) groups is 1. The second kappa shape index (κ2) is 8.12. The molecule has 0 bridgehead atoms. The number of hydrogen-bond acceptors (Lipinski definition) is 4. The molecule has 0 radical (unpaired) electrons. The number of amides is 1. The number of ether oxygens (including phenoxy) is 1. The van der Waals surface area contributed by atoms with Gasteiger partial charge in [-0.15, -0.1) is 0 Å². The van der Waals surface area contributed by atoms with E-state index in [4.69, 9.17) is 15.6 Å². The molecule has 1 atom stereocenters. The molecule has 1 amide bonds. The molecule has 3 rings (SSSR count). The number of aliphatic imine (C=N–C) groups is 1. The Bertz CT molecular complexity index is 720. The van der Waals surface area contributed by atoms with Gasteiger partial charge in [0.25, 0.3) is 0 Å². The lowest BCUT2D eigenvalue weighted by molar-refractivity contribution is -0.147. The number of hydrogen-bond donors (Lipinski definition) is 3. The van der Waals surface area contributed by atoms with Crippen LogP contribution in [0.4, 0.5) is 28.0 Å². The fourth-order valence-corrected chi connectivity index (χ4v) is 2.60. The fraction of sp³-hybridized carbons (Fsp3) is 0.529. The lowest BCUT2D eigenvalue weighted by atomic mass is 9.88. The van der Waals surface area contributed by atoms with Gasteiger partial charge < -0.3 is 15.6 Å². The Morgan fingerprint density at radius 1 is 1.41 bits per heavy atom. The molecular formula is C17H21F4N3O3. The van der Waals surface area contributed by atoms with Crippen LogP contribution in [0.1, 0.15) is 31.7 Å².